The Morgan fingerprint density at radius 3 is 2.58 bits per heavy atom. The average molecular weight is 326 g/mol. The molecule has 4 nitrogen and oxygen atoms in total. The molecule has 1 aromatic carbocycles. The van der Waals surface area contributed by atoms with Gasteiger partial charge >= 0.3 is 0 Å². The summed E-state index contributed by atoms with van der Waals surface area (Å²) in [5.41, 5.74) is 8.13. The molecule has 2 saturated carbocycles. The molecule has 3 fully saturated rings. The van der Waals surface area contributed by atoms with E-state index in [4.69, 9.17) is 10.7 Å². The molecule has 0 radical (unpaired) electrons. The molecule has 3 aliphatic rings. The largest absolute Gasteiger partial charge is 0.370 e. The number of aliphatic imine (C=N–C) groups is 1. The van der Waals surface area contributed by atoms with E-state index in [0.717, 1.165) is 32.5 Å². The molecule has 1 atom stereocenters. The fraction of sp³-hybridized carbons (Fsp3) is 0.650. The number of piperidine rings is 1. The first-order chi connectivity index (χ1) is 11.7. The minimum atomic E-state index is 0.485. The first kappa shape index (κ1) is 15.9. The van der Waals surface area contributed by atoms with Crippen LogP contribution in [0.5, 0.6) is 0 Å². The maximum absolute atomic E-state index is 6.18. The van der Waals surface area contributed by atoms with Crippen LogP contribution in [0.3, 0.4) is 0 Å². The predicted octanol–water partition coefficient (Wildman–Crippen LogP) is 2.89. The first-order valence-electron chi connectivity index (χ1n) is 9.60. The molecule has 1 aromatic rings. The molecule has 1 heterocycles. The second-order valence-electron chi connectivity index (χ2n) is 7.98. The molecule has 130 valence electrons. The van der Waals surface area contributed by atoms with Gasteiger partial charge in [0.25, 0.3) is 0 Å². The van der Waals surface area contributed by atoms with Crippen molar-refractivity contribution in [2.24, 2.45) is 16.1 Å². The van der Waals surface area contributed by atoms with Crippen LogP contribution in [-0.4, -0.2) is 36.0 Å². The highest BCUT2D eigenvalue weighted by Crippen LogP contribution is 2.59. The summed E-state index contributed by atoms with van der Waals surface area (Å²) in [7, 11) is 0. The molecule has 4 heteroatoms. The lowest BCUT2D eigenvalue weighted by Crippen LogP contribution is -2.47. The highest BCUT2D eigenvalue weighted by atomic mass is 15.2. The van der Waals surface area contributed by atoms with Crippen molar-refractivity contribution in [3.63, 3.8) is 0 Å². The third-order valence-corrected chi connectivity index (χ3v) is 6.23. The SMILES string of the molecule is NC(=NC1CC12CCCC2)NC1CCN(Cc2ccccc2)CC1. The molecule has 1 unspecified atom stereocenters. The van der Waals surface area contributed by atoms with E-state index in [1.807, 2.05) is 0 Å². The Kier molecular flexibility index (Phi) is 4.49. The number of nitrogens with two attached hydrogens (primary N) is 1. The van der Waals surface area contributed by atoms with E-state index in [2.05, 4.69) is 40.5 Å². The van der Waals surface area contributed by atoms with E-state index in [0.29, 0.717) is 23.5 Å². The number of nitrogens with one attached hydrogen (secondary N) is 1. The number of benzene rings is 1. The minimum Gasteiger partial charge on any atom is -0.370 e. The van der Waals surface area contributed by atoms with Gasteiger partial charge in [0.15, 0.2) is 5.96 Å². The zero-order chi connectivity index (χ0) is 16.4. The molecule has 1 saturated heterocycles. The molecule has 0 aromatic heterocycles. The van der Waals surface area contributed by atoms with Crippen LogP contribution in [0.2, 0.25) is 0 Å². The van der Waals surface area contributed by atoms with Crippen LogP contribution < -0.4 is 11.1 Å². The van der Waals surface area contributed by atoms with Gasteiger partial charge in [-0.15, -0.1) is 0 Å². The Morgan fingerprint density at radius 1 is 1.17 bits per heavy atom. The molecule has 24 heavy (non-hydrogen) atoms. The van der Waals surface area contributed by atoms with Crippen LogP contribution in [-0.2, 0) is 6.54 Å². The van der Waals surface area contributed by atoms with E-state index in [1.54, 1.807) is 0 Å². The normalized spacial score (nSPS) is 27.5. The standard InChI is InChI=1S/C20H30N4/c21-19(23-18-14-20(18)10-4-5-11-20)22-17-8-12-24(13-9-17)15-16-6-2-1-3-7-16/h1-3,6-7,17-18H,4-5,8-15H2,(H3,21,22,23). The number of guanidine groups is 1. The fourth-order valence-corrected chi connectivity index (χ4v) is 4.62. The van der Waals surface area contributed by atoms with Crippen molar-refractivity contribution in [1.29, 1.82) is 0 Å². The summed E-state index contributed by atoms with van der Waals surface area (Å²) < 4.78 is 0. The number of likely N-dealkylation sites (tertiary alicyclic amines) is 1. The number of nitrogens with zero attached hydrogens (tertiary/aromatic N) is 2. The van der Waals surface area contributed by atoms with Gasteiger partial charge in [-0.25, -0.2) is 4.99 Å². The Bertz CT molecular complexity index is 569. The predicted molar refractivity (Wildman–Crippen MR) is 98.8 cm³/mol. The number of hydrogen-bond donors (Lipinski definition) is 2. The number of hydrogen-bond acceptors (Lipinski definition) is 2. The Labute approximate surface area is 145 Å². The van der Waals surface area contributed by atoms with Crippen molar-refractivity contribution >= 4 is 5.96 Å². The Hall–Kier alpha value is -1.55. The topological polar surface area (TPSA) is 53.6 Å². The van der Waals surface area contributed by atoms with E-state index in [1.165, 1.54) is 37.7 Å². The molecular weight excluding hydrogens is 296 g/mol. The molecule has 2 aliphatic carbocycles. The van der Waals surface area contributed by atoms with Crippen LogP contribution in [0.15, 0.2) is 35.3 Å². The third-order valence-electron chi connectivity index (χ3n) is 6.23. The Morgan fingerprint density at radius 2 is 1.88 bits per heavy atom. The second-order valence-corrected chi connectivity index (χ2v) is 7.98. The van der Waals surface area contributed by atoms with Crippen LogP contribution in [0.1, 0.15) is 50.5 Å². The van der Waals surface area contributed by atoms with Crippen LogP contribution in [0.4, 0.5) is 0 Å². The highest BCUT2D eigenvalue weighted by molar-refractivity contribution is 5.78. The molecule has 1 spiro atoms. The van der Waals surface area contributed by atoms with Gasteiger partial charge in [0.1, 0.15) is 0 Å². The molecule has 0 amide bonds. The lowest BCUT2D eigenvalue weighted by molar-refractivity contribution is 0.199. The molecule has 3 N–H and O–H groups in total. The van der Waals surface area contributed by atoms with Crippen LogP contribution >= 0.6 is 0 Å². The molecular formula is C20H30N4. The van der Waals surface area contributed by atoms with Crippen LogP contribution in [0, 0.1) is 5.41 Å². The quantitative estimate of drug-likeness (QED) is 0.661. The van der Waals surface area contributed by atoms with Crippen molar-refractivity contribution in [1.82, 2.24) is 10.2 Å². The lowest BCUT2D eigenvalue weighted by atomic mass is 10.0. The monoisotopic (exact) mass is 326 g/mol. The summed E-state index contributed by atoms with van der Waals surface area (Å²) in [6, 6.07) is 11.7. The minimum absolute atomic E-state index is 0.485. The summed E-state index contributed by atoms with van der Waals surface area (Å²) in [6.07, 6.45) is 9.08. The summed E-state index contributed by atoms with van der Waals surface area (Å²) in [6.45, 7) is 3.32. The summed E-state index contributed by atoms with van der Waals surface area (Å²) in [4.78, 5) is 7.31. The van der Waals surface area contributed by atoms with Gasteiger partial charge in [0, 0.05) is 25.7 Å². The molecule has 4 rings (SSSR count). The van der Waals surface area contributed by atoms with Gasteiger partial charge in [-0.05, 0) is 43.1 Å². The lowest BCUT2D eigenvalue weighted by Gasteiger charge is -2.32. The van der Waals surface area contributed by atoms with Gasteiger partial charge in [-0.1, -0.05) is 43.2 Å². The van der Waals surface area contributed by atoms with Gasteiger partial charge in [0.2, 0.25) is 0 Å². The first-order valence-corrected chi connectivity index (χ1v) is 9.60. The van der Waals surface area contributed by atoms with Crippen molar-refractivity contribution < 1.29 is 0 Å². The zero-order valence-electron chi connectivity index (χ0n) is 14.6. The highest BCUT2D eigenvalue weighted by Gasteiger charge is 2.55. The number of rotatable bonds is 4. The summed E-state index contributed by atoms with van der Waals surface area (Å²) in [5, 5.41) is 3.48. The van der Waals surface area contributed by atoms with E-state index in [9.17, 15) is 0 Å². The van der Waals surface area contributed by atoms with Crippen LogP contribution in [0.25, 0.3) is 0 Å². The van der Waals surface area contributed by atoms with Crippen molar-refractivity contribution in [2.45, 2.75) is 63.6 Å². The van der Waals surface area contributed by atoms with Gasteiger partial charge in [-0.2, -0.15) is 0 Å². The Balaban J connectivity index is 1.22. The molecule has 0 bridgehead atoms. The average Bonchev–Trinajstić information content (AvgIpc) is 3.02. The second kappa shape index (κ2) is 6.75. The van der Waals surface area contributed by atoms with Crippen molar-refractivity contribution in [3.8, 4) is 0 Å². The van der Waals surface area contributed by atoms with Gasteiger partial charge in [0.05, 0.1) is 6.04 Å². The summed E-state index contributed by atoms with van der Waals surface area (Å²) >= 11 is 0. The van der Waals surface area contributed by atoms with Gasteiger partial charge < -0.3 is 11.1 Å². The fourth-order valence-electron chi connectivity index (χ4n) is 4.62. The smallest absolute Gasteiger partial charge is 0.189 e. The van der Waals surface area contributed by atoms with E-state index < -0.39 is 0 Å². The third kappa shape index (κ3) is 3.59. The van der Waals surface area contributed by atoms with E-state index in [-0.39, 0.29) is 0 Å². The van der Waals surface area contributed by atoms with Crippen molar-refractivity contribution in [3.05, 3.63) is 35.9 Å². The van der Waals surface area contributed by atoms with Crippen molar-refractivity contribution in [2.75, 3.05) is 13.1 Å². The summed E-state index contributed by atoms with van der Waals surface area (Å²) in [5.74, 6) is 0.685. The zero-order valence-corrected chi connectivity index (χ0v) is 14.6. The maximum Gasteiger partial charge on any atom is 0.189 e. The maximum atomic E-state index is 6.18. The molecule has 1 aliphatic heterocycles. The van der Waals surface area contributed by atoms with Gasteiger partial charge in [-0.3, -0.25) is 4.90 Å². The van der Waals surface area contributed by atoms with E-state index >= 15 is 0 Å².